The summed E-state index contributed by atoms with van der Waals surface area (Å²) in [7, 11) is -3.74. The third-order valence-electron chi connectivity index (χ3n) is 2.33. The van der Waals surface area contributed by atoms with Crippen molar-refractivity contribution < 1.29 is 8.42 Å². The molecule has 0 aliphatic carbocycles. The van der Waals surface area contributed by atoms with E-state index in [0.717, 1.165) is 5.56 Å². The van der Waals surface area contributed by atoms with E-state index in [1.807, 2.05) is 6.92 Å². The van der Waals surface area contributed by atoms with Gasteiger partial charge in [0.2, 0.25) is 0 Å². The van der Waals surface area contributed by atoms with Crippen molar-refractivity contribution in [2.75, 3.05) is 4.72 Å². The van der Waals surface area contributed by atoms with Gasteiger partial charge in [0.25, 0.3) is 10.0 Å². The minimum absolute atomic E-state index is 0.0292. The number of halogens is 2. The quantitative estimate of drug-likeness (QED) is 0.850. The van der Waals surface area contributed by atoms with E-state index in [4.69, 9.17) is 11.6 Å². The highest BCUT2D eigenvalue weighted by atomic mass is 79.9. The van der Waals surface area contributed by atoms with E-state index in [2.05, 4.69) is 25.6 Å². The van der Waals surface area contributed by atoms with Crippen LogP contribution in [-0.2, 0) is 10.0 Å². The summed E-state index contributed by atoms with van der Waals surface area (Å²) >= 11 is 9.14. The van der Waals surface area contributed by atoms with E-state index in [0.29, 0.717) is 4.60 Å². The van der Waals surface area contributed by atoms with Gasteiger partial charge in [-0.05, 0) is 52.7 Å². The van der Waals surface area contributed by atoms with Crippen LogP contribution in [-0.4, -0.2) is 13.4 Å². The first-order valence-electron chi connectivity index (χ1n) is 5.30. The molecule has 0 aliphatic heterocycles. The van der Waals surface area contributed by atoms with Crippen molar-refractivity contribution in [3.63, 3.8) is 0 Å². The Hall–Kier alpha value is -1.11. The molecular weight excluding hydrogens is 352 g/mol. The molecule has 0 fully saturated rings. The number of hydrogen-bond donors (Lipinski definition) is 1. The summed E-state index contributed by atoms with van der Waals surface area (Å²) in [6.45, 7) is 1.84. The average molecular weight is 362 g/mol. The van der Waals surface area contributed by atoms with Gasteiger partial charge in [0, 0.05) is 0 Å². The highest BCUT2D eigenvalue weighted by Gasteiger charge is 2.18. The Bertz CT molecular complexity index is 719. The van der Waals surface area contributed by atoms with Gasteiger partial charge in [-0.25, -0.2) is 13.4 Å². The summed E-state index contributed by atoms with van der Waals surface area (Å²) in [5.74, 6) is 0.228. The molecule has 7 heteroatoms. The third-order valence-corrected chi connectivity index (χ3v) is 4.61. The molecule has 2 aromatic rings. The van der Waals surface area contributed by atoms with Crippen LogP contribution < -0.4 is 4.72 Å². The molecule has 0 unspecified atom stereocenters. The van der Waals surface area contributed by atoms with Crippen LogP contribution in [0.25, 0.3) is 0 Å². The fourth-order valence-electron chi connectivity index (χ4n) is 1.48. The Morgan fingerprint density at radius 2 is 2.00 bits per heavy atom. The van der Waals surface area contributed by atoms with Gasteiger partial charge in [-0.3, -0.25) is 4.72 Å². The number of rotatable bonds is 3. The fourth-order valence-corrected chi connectivity index (χ4v) is 3.43. The molecule has 0 saturated heterocycles. The molecule has 0 spiro atoms. The second-order valence-electron chi connectivity index (χ2n) is 3.88. The standard InChI is InChI=1S/C12H10BrClN2O2S/c1-8-5-6-10(9(14)7-8)19(17,18)16-12-4-2-3-11(13)15-12/h2-7H,1H3,(H,15,16). The fraction of sp³-hybridized carbons (Fsp3) is 0.0833. The molecule has 1 heterocycles. The summed E-state index contributed by atoms with van der Waals surface area (Å²) in [6.07, 6.45) is 0. The monoisotopic (exact) mass is 360 g/mol. The predicted molar refractivity (Wildman–Crippen MR) is 78.9 cm³/mol. The van der Waals surface area contributed by atoms with Crippen molar-refractivity contribution in [2.45, 2.75) is 11.8 Å². The number of nitrogens with one attached hydrogen (secondary N) is 1. The molecule has 1 aromatic carbocycles. The van der Waals surface area contributed by atoms with Crippen LogP contribution in [0.2, 0.25) is 5.02 Å². The first-order valence-corrected chi connectivity index (χ1v) is 7.95. The molecule has 0 saturated carbocycles. The molecule has 1 N–H and O–H groups in total. The number of aromatic nitrogens is 1. The lowest BCUT2D eigenvalue weighted by molar-refractivity contribution is 0.601. The van der Waals surface area contributed by atoms with Crippen LogP contribution in [0, 0.1) is 6.92 Å². The van der Waals surface area contributed by atoms with Crippen LogP contribution in [0.3, 0.4) is 0 Å². The molecule has 1 aromatic heterocycles. The molecule has 0 bridgehead atoms. The maximum absolute atomic E-state index is 12.2. The zero-order valence-corrected chi connectivity index (χ0v) is 13.1. The SMILES string of the molecule is Cc1ccc(S(=O)(=O)Nc2cccc(Br)n2)c(Cl)c1. The van der Waals surface area contributed by atoms with E-state index >= 15 is 0 Å². The summed E-state index contributed by atoms with van der Waals surface area (Å²) < 4.78 is 27.3. The Morgan fingerprint density at radius 1 is 1.26 bits per heavy atom. The minimum Gasteiger partial charge on any atom is -0.263 e. The van der Waals surface area contributed by atoms with Crippen LogP contribution in [0.5, 0.6) is 0 Å². The molecule has 4 nitrogen and oxygen atoms in total. The Kier molecular flexibility index (Phi) is 4.13. The van der Waals surface area contributed by atoms with E-state index in [1.54, 1.807) is 30.3 Å². The molecule has 2 rings (SSSR count). The van der Waals surface area contributed by atoms with Crippen molar-refractivity contribution in [3.8, 4) is 0 Å². The van der Waals surface area contributed by atoms with Gasteiger partial charge in [0.05, 0.1) is 5.02 Å². The number of benzene rings is 1. The second-order valence-corrected chi connectivity index (χ2v) is 6.76. The summed E-state index contributed by atoms with van der Waals surface area (Å²) in [5, 5.41) is 0.183. The molecule has 19 heavy (non-hydrogen) atoms. The lowest BCUT2D eigenvalue weighted by Gasteiger charge is -2.09. The highest BCUT2D eigenvalue weighted by Crippen LogP contribution is 2.24. The number of anilines is 1. The van der Waals surface area contributed by atoms with Crippen molar-refractivity contribution in [1.29, 1.82) is 0 Å². The normalized spacial score (nSPS) is 11.3. The topological polar surface area (TPSA) is 59.1 Å². The number of nitrogens with zero attached hydrogens (tertiary/aromatic N) is 1. The smallest absolute Gasteiger partial charge is 0.263 e. The molecule has 100 valence electrons. The van der Waals surface area contributed by atoms with Gasteiger partial charge in [-0.15, -0.1) is 0 Å². The van der Waals surface area contributed by atoms with Crippen molar-refractivity contribution >= 4 is 43.4 Å². The lowest BCUT2D eigenvalue weighted by atomic mass is 10.2. The Morgan fingerprint density at radius 3 is 2.63 bits per heavy atom. The van der Waals surface area contributed by atoms with Gasteiger partial charge in [-0.2, -0.15) is 0 Å². The van der Waals surface area contributed by atoms with Crippen LogP contribution in [0.15, 0.2) is 45.9 Å². The molecule has 0 amide bonds. The van der Waals surface area contributed by atoms with Gasteiger partial charge in [0.15, 0.2) is 0 Å². The van der Waals surface area contributed by atoms with Gasteiger partial charge in [-0.1, -0.05) is 23.7 Å². The number of aryl methyl sites for hydroxylation is 1. The molecule has 0 radical (unpaired) electrons. The van der Waals surface area contributed by atoms with Crippen LogP contribution in [0.4, 0.5) is 5.82 Å². The molecule has 0 aliphatic rings. The van der Waals surface area contributed by atoms with Crippen molar-refractivity contribution in [2.24, 2.45) is 0 Å². The Balaban J connectivity index is 2.38. The summed E-state index contributed by atoms with van der Waals surface area (Å²) in [6, 6.07) is 9.71. The minimum atomic E-state index is -3.74. The first-order chi connectivity index (χ1) is 8.88. The van der Waals surface area contributed by atoms with E-state index in [9.17, 15) is 8.42 Å². The number of pyridine rings is 1. The lowest BCUT2D eigenvalue weighted by Crippen LogP contribution is -2.14. The van der Waals surface area contributed by atoms with Gasteiger partial charge in [0.1, 0.15) is 15.3 Å². The van der Waals surface area contributed by atoms with Crippen LogP contribution in [0.1, 0.15) is 5.56 Å². The maximum atomic E-state index is 12.2. The largest absolute Gasteiger partial charge is 0.264 e. The summed E-state index contributed by atoms with van der Waals surface area (Å²) in [5.41, 5.74) is 0.893. The van der Waals surface area contributed by atoms with Gasteiger partial charge < -0.3 is 0 Å². The van der Waals surface area contributed by atoms with Gasteiger partial charge >= 0.3 is 0 Å². The predicted octanol–water partition coefficient (Wildman–Crippen LogP) is 3.61. The average Bonchev–Trinajstić information content (AvgIpc) is 2.27. The van der Waals surface area contributed by atoms with Crippen molar-refractivity contribution in [3.05, 3.63) is 51.6 Å². The summed E-state index contributed by atoms with van der Waals surface area (Å²) in [4.78, 5) is 4.04. The van der Waals surface area contributed by atoms with E-state index < -0.39 is 10.0 Å². The zero-order valence-electron chi connectivity index (χ0n) is 9.89. The highest BCUT2D eigenvalue weighted by molar-refractivity contribution is 9.10. The van der Waals surface area contributed by atoms with Crippen molar-refractivity contribution in [1.82, 2.24) is 4.98 Å². The zero-order chi connectivity index (χ0) is 14.0. The van der Waals surface area contributed by atoms with Crippen LogP contribution >= 0.6 is 27.5 Å². The second kappa shape index (κ2) is 5.48. The van der Waals surface area contributed by atoms with E-state index in [1.165, 1.54) is 6.07 Å². The number of hydrogen-bond acceptors (Lipinski definition) is 3. The third kappa shape index (κ3) is 3.46. The van der Waals surface area contributed by atoms with E-state index in [-0.39, 0.29) is 15.7 Å². The number of sulfonamides is 1. The first kappa shape index (κ1) is 14.3. The maximum Gasteiger partial charge on any atom is 0.264 e. The molecular formula is C12H10BrClN2O2S. The Labute approximate surface area is 125 Å². The molecule has 0 atom stereocenters.